The summed E-state index contributed by atoms with van der Waals surface area (Å²) in [7, 11) is 1.41. The van der Waals surface area contributed by atoms with Gasteiger partial charge >= 0.3 is 5.97 Å². The smallest absolute Gasteiger partial charge is 0.350 e. The fourth-order valence-electron chi connectivity index (χ4n) is 3.90. The van der Waals surface area contributed by atoms with Crippen LogP contribution in [0.3, 0.4) is 0 Å². The number of hydrogen-bond acceptors (Lipinski definition) is 5. The van der Waals surface area contributed by atoms with Crippen LogP contribution in [0.5, 0.6) is 0 Å². The standard InChI is InChI=1S/C24H29NO3S/c1-3-4-7-16-22(26)25(19-14-10-6-11-15-19)20-17-21(18-12-8-5-9-13-18)29-23(20)24(27)28-2/h3,6,10,12,16-17,19,22,26H,5,8-9,11,13-15H2,1-2H3/t19?,22-/m1/s1. The van der Waals surface area contributed by atoms with Crippen LogP contribution in [0, 0.1) is 0 Å². The van der Waals surface area contributed by atoms with Crippen molar-refractivity contribution >= 4 is 28.6 Å². The summed E-state index contributed by atoms with van der Waals surface area (Å²) in [6, 6.07) is 2.16. The normalized spacial score (nSPS) is 19.4. The Morgan fingerprint density at radius 1 is 1.34 bits per heavy atom. The van der Waals surface area contributed by atoms with Crippen LogP contribution in [-0.4, -0.2) is 30.5 Å². The number of carbonyl (C=O) groups excluding carboxylic acids is 1. The lowest BCUT2D eigenvalue weighted by Gasteiger charge is -2.36. The van der Waals surface area contributed by atoms with Crippen molar-refractivity contribution in [3.05, 3.63) is 57.7 Å². The van der Waals surface area contributed by atoms with E-state index in [1.807, 2.05) is 11.8 Å². The van der Waals surface area contributed by atoms with Crippen LogP contribution in [0.25, 0.3) is 5.57 Å². The molecular formula is C24H29NO3S. The Balaban J connectivity index is 2.08. The van der Waals surface area contributed by atoms with E-state index in [9.17, 15) is 9.90 Å². The molecule has 2 aliphatic carbocycles. The minimum Gasteiger partial charge on any atom is -0.465 e. The third-order valence-electron chi connectivity index (χ3n) is 5.35. The second-order valence-electron chi connectivity index (χ2n) is 7.29. The number of nitrogens with zero attached hydrogens (tertiary/aromatic N) is 1. The molecule has 0 aromatic carbocycles. The maximum absolute atomic E-state index is 12.6. The van der Waals surface area contributed by atoms with Crippen LogP contribution in [-0.2, 0) is 4.74 Å². The van der Waals surface area contributed by atoms with Gasteiger partial charge < -0.3 is 14.7 Å². The van der Waals surface area contributed by atoms with Crippen molar-refractivity contribution in [1.29, 1.82) is 0 Å². The molecule has 0 aliphatic heterocycles. The number of rotatable bonds is 6. The molecule has 1 heterocycles. The summed E-state index contributed by atoms with van der Waals surface area (Å²) in [5.74, 6) is -0.357. The van der Waals surface area contributed by atoms with E-state index in [1.165, 1.54) is 36.9 Å². The molecule has 1 N–H and O–H groups in total. The van der Waals surface area contributed by atoms with Crippen molar-refractivity contribution in [3.63, 3.8) is 0 Å². The van der Waals surface area contributed by atoms with E-state index >= 15 is 0 Å². The van der Waals surface area contributed by atoms with Gasteiger partial charge in [-0.2, -0.15) is 0 Å². The van der Waals surface area contributed by atoms with E-state index in [0.717, 1.165) is 42.7 Å². The third-order valence-corrected chi connectivity index (χ3v) is 6.53. The molecule has 2 atom stereocenters. The van der Waals surface area contributed by atoms with Crippen molar-refractivity contribution in [2.24, 2.45) is 0 Å². The highest BCUT2D eigenvalue weighted by molar-refractivity contribution is 7.15. The Bertz CT molecular complexity index is 882. The van der Waals surface area contributed by atoms with E-state index in [-0.39, 0.29) is 12.0 Å². The van der Waals surface area contributed by atoms with Crippen LogP contribution < -0.4 is 4.90 Å². The largest absolute Gasteiger partial charge is 0.465 e. The summed E-state index contributed by atoms with van der Waals surface area (Å²) in [6.45, 7) is 1.86. The maximum Gasteiger partial charge on any atom is 0.350 e. The van der Waals surface area contributed by atoms with E-state index in [1.54, 1.807) is 12.2 Å². The maximum atomic E-state index is 12.6. The first-order chi connectivity index (χ1) is 14.2. The highest BCUT2D eigenvalue weighted by Gasteiger charge is 2.30. The minimum atomic E-state index is -0.898. The zero-order valence-electron chi connectivity index (χ0n) is 17.2. The van der Waals surface area contributed by atoms with E-state index in [4.69, 9.17) is 4.74 Å². The van der Waals surface area contributed by atoms with Gasteiger partial charge in [0, 0.05) is 17.0 Å². The van der Waals surface area contributed by atoms with Gasteiger partial charge in [-0.15, -0.1) is 11.3 Å². The van der Waals surface area contributed by atoms with Gasteiger partial charge in [-0.05, 0) is 69.6 Å². The number of anilines is 1. The number of carbonyl (C=O) groups is 1. The van der Waals surface area contributed by atoms with E-state index in [0.29, 0.717) is 4.88 Å². The molecule has 0 saturated heterocycles. The summed E-state index contributed by atoms with van der Waals surface area (Å²) in [6.07, 6.45) is 16.2. The molecular weight excluding hydrogens is 382 g/mol. The first-order valence-corrected chi connectivity index (χ1v) is 11.1. The number of hydrogen-bond donors (Lipinski definition) is 1. The molecule has 0 bridgehead atoms. The SMILES string of the molecule is CC=C=C=C[C@@H](O)N(c1cc(C2=CCCCC2)sc1C(=O)OC)C1CC=CCC1. The monoisotopic (exact) mass is 411 g/mol. The molecule has 0 saturated carbocycles. The van der Waals surface area contributed by atoms with Crippen molar-refractivity contribution in [2.45, 2.75) is 64.1 Å². The van der Waals surface area contributed by atoms with Crippen LogP contribution >= 0.6 is 11.3 Å². The van der Waals surface area contributed by atoms with Gasteiger partial charge in [-0.25, -0.2) is 4.79 Å². The van der Waals surface area contributed by atoms with Crippen molar-refractivity contribution in [1.82, 2.24) is 0 Å². The summed E-state index contributed by atoms with van der Waals surface area (Å²) in [5.41, 5.74) is 7.79. The molecule has 154 valence electrons. The first kappa shape index (κ1) is 21.4. The fraction of sp³-hybridized carbons (Fsp3) is 0.458. The molecule has 29 heavy (non-hydrogen) atoms. The number of thiophene rings is 1. The summed E-state index contributed by atoms with van der Waals surface area (Å²) < 4.78 is 5.08. The Hall–Kier alpha value is -2.29. The van der Waals surface area contributed by atoms with Crippen molar-refractivity contribution < 1.29 is 14.6 Å². The van der Waals surface area contributed by atoms with Gasteiger partial charge in [0.05, 0.1) is 12.8 Å². The topological polar surface area (TPSA) is 49.8 Å². The lowest BCUT2D eigenvalue weighted by Crippen LogP contribution is -2.43. The first-order valence-electron chi connectivity index (χ1n) is 10.3. The Labute approximate surface area is 177 Å². The van der Waals surface area contributed by atoms with Gasteiger partial charge in [0.15, 0.2) is 6.23 Å². The summed E-state index contributed by atoms with van der Waals surface area (Å²) in [4.78, 5) is 16.2. The molecule has 5 heteroatoms. The molecule has 3 rings (SSSR count). The van der Waals surface area contributed by atoms with Gasteiger partial charge in [-0.1, -0.05) is 29.7 Å². The molecule has 0 fully saturated rings. The molecule has 4 nitrogen and oxygen atoms in total. The Morgan fingerprint density at radius 2 is 2.21 bits per heavy atom. The van der Waals surface area contributed by atoms with Gasteiger partial charge in [0.1, 0.15) is 4.88 Å². The Kier molecular flexibility index (Phi) is 7.74. The number of allylic oxidation sites excluding steroid dienone is 4. The molecule has 0 amide bonds. The molecule has 1 aromatic rings. The van der Waals surface area contributed by atoms with Crippen LogP contribution in [0.4, 0.5) is 5.69 Å². The number of aliphatic hydroxyl groups excluding tert-OH is 1. The molecule has 0 spiro atoms. The summed E-state index contributed by atoms with van der Waals surface area (Å²) >= 11 is 1.47. The van der Waals surface area contributed by atoms with E-state index < -0.39 is 6.23 Å². The zero-order chi connectivity index (χ0) is 20.6. The van der Waals surface area contributed by atoms with Crippen LogP contribution in [0.2, 0.25) is 0 Å². The number of aliphatic hydroxyl groups is 1. The average Bonchev–Trinajstić information content (AvgIpc) is 3.20. The van der Waals surface area contributed by atoms with Crippen LogP contribution in [0.15, 0.2) is 47.9 Å². The predicted octanol–water partition coefficient (Wildman–Crippen LogP) is 5.61. The molecule has 1 unspecified atom stereocenters. The average molecular weight is 412 g/mol. The number of esters is 1. The lowest BCUT2D eigenvalue weighted by atomic mass is 9.97. The predicted molar refractivity (Wildman–Crippen MR) is 119 cm³/mol. The number of methoxy groups -OCH3 is 1. The highest BCUT2D eigenvalue weighted by atomic mass is 32.1. The van der Waals surface area contributed by atoms with Crippen molar-refractivity contribution in [2.75, 3.05) is 12.0 Å². The van der Waals surface area contributed by atoms with Gasteiger partial charge in [-0.3, -0.25) is 0 Å². The van der Waals surface area contributed by atoms with Crippen LogP contribution in [0.1, 0.15) is 66.4 Å². The lowest BCUT2D eigenvalue weighted by molar-refractivity contribution is 0.0606. The molecule has 0 radical (unpaired) electrons. The Morgan fingerprint density at radius 3 is 2.86 bits per heavy atom. The van der Waals surface area contributed by atoms with Gasteiger partial charge in [0.2, 0.25) is 0 Å². The second-order valence-corrected chi connectivity index (χ2v) is 8.35. The number of ether oxygens (including phenoxy) is 1. The minimum absolute atomic E-state index is 0.102. The van der Waals surface area contributed by atoms with Crippen molar-refractivity contribution in [3.8, 4) is 0 Å². The third kappa shape index (κ3) is 5.20. The summed E-state index contributed by atoms with van der Waals surface area (Å²) in [5, 5.41) is 11.0. The highest BCUT2D eigenvalue weighted by Crippen LogP contribution is 2.40. The quantitative estimate of drug-likeness (QED) is 0.286. The second kappa shape index (κ2) is 10.5. The molecule has 1 aromatic heterocycles. The van der Waals surface area contributed by atoms with Gasteiger partial charge in [0.25, 0.3) is 0 Å². The zero-order valence-corrected chi connectivity index (χ0v) is 18.0. The molecule has 2 aliphatic rings. The van der Waals surface area contributed by atoms with E-state index in [2.05, 4.69) is 35.8 Å². The fourth-order valence-corrected chi connectivity index (χ4v) is 5.05.